The van der Waals surface area contributed by atoms with E-state index in [2.05, 4.69) is 0 Å². The fourth-order valence-electron chi connectivity index (χ4n) is 2.83. The molecule has 1 saturated carbocycles. The summed E-state index contributed by atoms with van der Waals surface area (Å²) in [5, 5.41) is 10.7. The van der Waals surface area contributed by atoms with E-state index < -0.39 is 0 Å². The minimum absolute atomic E-state index is 0.140. The first-order chi connectivity index (χ1) is 9.15. The number of nitro benzene ring substituents is 1. The number of hydrogen-bond acceptors (Lipinski definition) is 2. The second kappa shape index (κ2) is 6.90. The van der Waals surface area contributed by atoms with Crippen molar-refractivity contribution in [1.82, 2.24) is 0 Å². The zero-order chi connectivity index (χ0) is 13.7. The lowest BCUT2D eigenvalue weighted by Crippen LogP contribution is -2.06. The number of hydrogen-bond donors (Lipinski definition) is 0. The summed E-state index contributed by atoms with van der Waals surface area (Å²) in [6.07, 6.45) is 8.54. The van der Waals surface area contributed by atoms with Crippen molar-refractivity contribution in [2.45, 2.75) is 50.3 Å². The lowest BCUT2D eigenvalue weighted by Gasteiger charge is -2.13. The number of nitro groups is 1. The van der Waals surface area contributed by atoms with Crippen molar-refractivity contribution in [3.63, 3.8) is 0 Å². The summed E-state index contributed by atoms with van der Waals surface area (Å²) >= 11 is 6.36. The van der Waals surface area contributed by atoms with Gasteiger partial charge in [0.15, 0.2) is 0 Å². The van der Waals surface area contributed by atoms with Crippen molar-refractivity contribution in [3.8, 4) is 0 Å². The van der Waals surface area contributed by atoms with E-state index in [1.54, 1.807) is 12.1 Å². The van der Waals surface area contributed by atoms with Crippen LogP contribution in [0.15, 0.2) is 24.3 Å². The summed E-state index contributed by atoms with van der Waals surface area (Å²) in [6.45, 7) is 0. The van der Waals surface area contributed by atoms with Crippen molar-refractivity contribution in [2.75, 3.05) is 0 Å². The SMILES string of the molecule is O=[N+]([O-])c1ccc(CC(Cl)CCC2CCCC2)cc1. The summed E-state index contributed by atoms with van der Waals surface area (Å²) in [5.41, 5.74) is 1.22. The Morgan fingerprint density at radius 1 is 1.26 bits per heavy atom. The van der Waals surface area contributed by atoms with Crippen LogP contribution in [0.4, 0.5) is 5.69 Å². The molecule has 0 N–H and O–H groups in total. The highest BCUT2D eigenvalue weighted by molar-refractivity contribution is 6.20. The van der Waals surface area contributed by atoms with Gasteiger partial charge in [-0.3, -0.25) is 10.1 Å². The third-order valence-corrected chi connectivity index (χ3v) is 4.34. The molecule has 1 unspecified atom stereocenters. The number of halogens is 1. The van der Waals surface area contributed by atoms with Crippen molar-refractivity contribution in [2.24, 2.45) is 5.92 Å². The average Bonchev–Trinajstić information content (AvgIpc) is 2.90. The third kappa shape index (κ3) is 4.50. The Morgan fingerprint density at radius 2 is 1.89 bits per heavy atom. The Hall–Kier alpha value is -1.09. The molecule has 0 heterocycles. The Morgan fingerprint density at radius 3 is 2.47 bits per heavy atom. The summed E-state index contributed by atoms with van der Waals surface area (Å²) in [4.78, 5) is 10.2. The van der Waals surface area contributed by atoms with Gasteiger partial charge < -0.3 is 0 Å². The summed E-state index contributed by atoms with van der Waals surface area (Å²) in [7, 11) is 0. The van der Waals surface area contributed by atoms with Crippen LogP contribution in [0.1, 0.15) is 44.1 Å². The van der Waals surface area contributed by atoms with Gasteiger partial charge in [-0.15, -0.1) is 11.6 Å². The minimum Gasteiger partial charge on any atom is -0.258 e. The first-order valence-electron chi connectivity index (χ1n) is 7.02. The van der Waals surface area contributed by atoms with E-state index >= 15 is 0 Å². The van der Waals surface area contributed by atoms with Gasteiger partial charge in [0.05, 0.1) is 4.92 Å². The van der Waals surface area contributed by atoms with Crippen molar-refractivity contribution in [1.29, 1.82) is 0 Å². The molecule has 0 aliphatic heterocycles. The fourth-order valence-corrected chi connectivity index (χ4v) is 3.13. The van der Waals surface area contributed by atoms with Crippen LogP contribution in [-0.4, -0.2) is 10.3 Å². The lowest BCUT2D eigenvalue weighted by molar-refractivity contribution is -0.384. The first-order valence-corrected chi connectivity index (χ1v) is 7.46. The zero-order valence-corrected chi connectivity index (χ0v) is 11.8. The Balaban J connectivity index is 1.77. The van der Waals surface area contributed by atoms with E-state index in [1.807, 2.05) is 12.1 Å². The maximum absolute atomic E-state index is 10.6. The van der Waals surface area contributed by atoms with E-state index in [4.69, 9.17) is 11.6 Å². The van der Waals surface area contributed by atoms with Crippen LogP contribution in [0.2, 0.25) is 0 Å². The molecule has 4 heteroatoms. The number of rotatable bonds is 6. The zero-order valence-electron chi connectivity index (χ0n) is 11.1. The van der Waals surface area contributed by atoms with Gasteiger partial charge in [-0.2, -0.15) is 0 Å². The average molecular weight is 282 g/mol. The topological polar surface area (TPSA) is 43.1 Å². The van der Waals surface area contributed by atoms with E-state index in [0.717, 1.165) is 24.3 Å². The molecule has 0 radical (unpaired) electrons. The Labute approximate surface area is 119 Å². The van der Waals surface area contributed by atoms with Gasteiger partial charge in [0.1, 0.15) is 0 Å². The van der Waals surface area contributed by atoms with E-state index in [-0.39, 0.29) is 16.0 Å². The molecule has 1 aliphatic carbocycles. The van der Waals surface area contributed by atoms with Gasteiger partial charge in [0.25, 0.3) is 5.69 Å². The molecule has 3 nitrogen and oxygen atoms in total. The summed E-state index contributed by atoms with van der Waals surface area (Å²) in [5.74, 6) is 0.873. The minimum atomic E-state index is -0.373. The maximum atomic E-state index is 10.6. The quantitative estimate of drug-likeness (QED) is 0.430. The molecular weight excluding hydrogens is 262 g/mol. The van der Waals surface area contributed by atoms with Crippen LogP contribution < -0.4 is 0 Å². The summed E-state index contributed by atoms with van der Waals surface area (Å²) < 4.78 is 0. The van der Waals surface area contributed by atoms with Gasteiger partial charge in [-0.05, 0) is 30.7 Å². The van der Waals surface area contributed by atoms with Crippen LogP contribution in [-0.2, 0) is 6.42 Å². The van der Waals surface area contributed by atoms with Crippen LogP contribution in [0.5, 0.6) is 0 Å². The molecule has 0 amide bonds. The molecule has 1 atom stereocenters. The van der Waals surface area contributed by atoms with Crippen molar-refractivity contribution < 1.29 is 4.92 Å². The smallest absolute Gasteiger partial charge is 0.258 e. The highest BCUT2D eigenvalue weighted by Gasteiger charge is 2.16. The monoisotopic (exact) mass is 281 g/mol. The molecule has 0 aromatic heterocycles. The molecular formula is C15H20ClNO2. The first kappa shape index (κ1) is 14.3. The van der Waals surface area contributed by atoms with E-state index in [9.17, 15) is 10.1 Å². The van der Waals surface area contributed by atoms with E-state index in [0.29, 0.717) is 0 Å². The van der Waals surface area contributed by atoms with Gasteiger partial charge in [0.2, 0.25) is 0 Å². The molecule has 1 fully saturated rings. The molecule has 0 saturated heterocycles. The normalized spacial score (nSPS) is 17.5. The fraction of sp³-hybridized carbons (Fsp3) is 0.600. The van der Waals surface area contributed by atoms with Crippen molar-refractivity contribution in [3.05, 3.63) is 39.9 Å². The molecule has 2 rings (SSSR count). The molecule has 19 heavy (non-hydrogen) atoms. The Kier molecular flexibility index (Phi) is 5.20. The third-order valence-electron chi connectivity index (χ3n) is 3.97. The predicted molar refractivity (Wildman–Crippen MR) is 77.6 cm³/mol. The van der Waals surface area contributed by atoms with Crippen LogP contribution in [0.3, 0.4) is 0 Å². The molecule has 1 aromatic carbocycles. The Bertz CT molecular complexity index is 413. The lowest BCUT2D eigenvalue weighted by atomic mass is 9.98. The number of alkyl halides is 1. The van der Waals surface area contributed by atoms with Crippen LogP contribution in [0.25, 0.3) is 0 Å². The number of nitrogens with zero attached hydrogens (tertiary/aromatic N) is 1. The van der Waals surface area contributed by atoms with Crippen LogP contribution in [0, 0.1) is 16.0 Å². The summed E-state index contributed by atoms with van der Waals surface area (Å²) in [6, 6.07) is 6.72. The number of non-ortho nitro benzene ring substituents is 1. The largest absolute Gasteiger partial charge is 0.269 e. The molecule has 104 valence electrons. The van der Waals surface area contributed by atoms with E-state index in [1.165, 1.54) is 32.1 Å². The highest BCUT2D eigenvalue weighted by atomic mass is 35.5. The molecule has 0 spiro atoms. The maximum Gasteiger partial charge on any atom is 0.269 e. The molecule has 1 aromatic rings. The second-order valence-corrected chi connectivity index (χ2v) is 6.07. The van der Waals surface area contributed by atoms with Gasteiger partial charge in [-0.1, -0.05) is 37.8 Å². The van der Waals surface area contributed by atoms with Crippen molar-refractivity contribution >= 4 is 17.3 Å². The standard InChI is InChI=1S/C15H20ClNO2/c16-14(8-5-12-3-1-2-4-12)11-13-6-9-15(10-7-13)17(18)19/h6-7,9-10,12,14H,1-5,8,11H2. The highest BCUT2D eigenvalue weighted by Crippen LogP contribution is 2.30. The van der Waals surface area contributed by atoms with Crippen LogP contribution >= 0.6 is 11.6 Å². The molecule has 0 bridgehead atoms. The predicted octanol–water partition coefficient (Wildman–Crippen LogP) is 4.72. The molecule has 1 aliphatic rings. The second-order valence-electron chi connectivity index (χ2n) is 5.45. The van der Waals surface area contributed by atoms with Gasteiger partial charge >= 0.3 is 0 Å². The van der Waals surface area contributed by atoms with Gasteiger partial charge in [0, 0.05) is 17.5 Å². The number of benzene rings is 1. The van der Waals surface area contributed by atoms with Gasteiger partial charge in [-0.25, -0.2) is 0 Å².